The fourth-order valence-corrected chi connectivity index (χ4v) is 4.10. The minimum atomic E-state index is -0.280. The molecule has 1 fully saturated rings. The van der Waals surface area contributed by atoms with Gasteiger partial charge >= 0.3 is 5.69 Å². The molecule has 7 nitrogen and oxygen atoms in total. The SMILES string of the molecule is O=C(CSc1n[nH]c(=O)n1CC1CCCO1)Nc1ccccc1-c1ccccc1. The van der Waals surface area contributed by atoms with Gasteiger partial charge in [-0.25, -0.2) is 9.89 Å². The van der Waals surface area contributed by atoms with Crippen LogP contribution in [0.2, 0.25) is 0 Å². The molecule has 0 aliphatic carbocycles. The highest BCUT2D eigenvalue weighted by molar-refractivity contribution is 7.99. The van der Waals surface area contributed by atoms with E-state index in [0.29, 0.717) is 11.7 Å². The average Bonchev–Trinajstić information content (AvgIpc) is 3.38. The molecule has 0 spiro atoms. The fourth-order valence-electron chi connectivity index (χ4n) is 3.34. The van der Waals surface area contributed by atoms with Crippen LogP contribution in [0.5, 0.6) is 0 Å². The zero-order chi connectivity index (χ0) is 20.1. The van der Waals surface area contributed by atoms with Crippen LogP contribution in [0, 0.1) is 0 Å². The zero-order valence-electron chi connectivity index (χ0n) is 15.8. The number of carbonyl (C=O) groups is 1. The summed E-state index contributed by atoms with van der Waals surface area (Å²) in [6.45, 7) is 1.18. The van der Waals surface area contributed by atoms with Crippen molar-refractivity contribution in [3.05, 3.63) is 65.1 Å². The Kier molecular flexibility index (Phi) is 6.12. The van der Waals surface area contributed by atoms with Gasteiger partial charge < -0.3 is 10.1 Å². The summed E-state index contributed by atoms with van der Waals surface area (Å²) in [7, 11) is 0. The van der Waals surface area contributed by atoms with Crippen molar-refractivity contribution in [2.45, 2.75) is 30.6 Å². The van der Waals surface area contributed by atoms with Crippen molar-refractivity contribution in [1.82, 2.24) is 14.8 Å². The van der Waals surface area contributed by atoms with Crippen LogP contribution in [0.3, 0.4) is 0 Å². The molecule has 0 radical (unpaired) electrons. The molecule has 29 heavy (non-hydrogen) atoms. The Hall–Kier alpha value is -2.84. The van der Waals surface area contributed by atoms with E-state index in [1.165, 1.54) is 11.8 Å². The standard InChI is InChI=1S/C21H22N4O3S/c26-19(22-18-11-5-4-10-17(18)15-7-2-1-3-8-15)14-29-21-24-23-20(27)25(21)13-16-9-6-12-28-16/h1-5,7-8,10-11,16H,6,9,12-14H2,(H,22,26)(H,23,27). The summed E-state index contributed by atoms with van der Waals surface area (Å²) in [5, 5.41) is 9.99. The highest BCUT2D eigenvalue weighted by atomic mass is 32.2. The van der Waals surface area contributed by atoms with Crippen LogP contribution >= 0.6 is 11.8 Å². The van der Waals surface area contributed by atoms with Crippen LogP contribution in [-0.2, 0) is 16.1 Å². The second-order valence-corrected chi connectivity index (χ2v) is 7.75. The van der Waals surface area contributed by atoms with Gasteiger partial charge in [0.1, 0.15) is 0 Å². The van der Waals surface area contributed by atoms with Crippen molar-refractivity contribution >= 4 is 23.4 Å². The van der Waals surface area contributed by atoms with Crippen LogP contribution in [-0.4, -0.2) is 39.1 Å². The largest absolute Gasteiger partial charge is 0.376 e. The number of H-pyrrole nitrogens is 1. The molecular weight excluding hydrogens is 388 g/mol. The lowest BCUT2D eigenvalue weighted by molar-refractivity contribution is -0.113. The zero-order valence-corrected chi connectivity index (χ0v) is 16.7. The molecular formula is C21H22N4O3S. The molecule has 1 saturated heterocycles. The lowest BCUT2D eigenvalue weighted by Gasteiger charge is -2.12. The van der Waals surface area contributed by atoms with Crippen molar-refractivity contribution in [2.75, 3.05) is 17.7 Å². The van der Waals surface area contributed by atoms with Crippen LogP contribution in [0.4, 0.5) is 5.69 Å². The van der Waals surface area contributed by atoms with Gasteiger partial charge in [-0.3, -0.25) is 9.36 Å². The molecule has 150 valence electrons. The quantitative estimate of drug-likeness (QED) is 0.584. The number of para-hydroxylation sites is 1. The van der Waals surface area contributed by atoms with Gasteiger partial charge in [0.15, 0.2) is 5.16 Å². The topological polar surface area (TPSA) is 89.0 Å². The molecule has 2 N–H and O–H groups in total. The predicted octanol–water partition coefficient (Wildman–Crippen LogP) is 3.15. The lowest BCUT2D eigenvalue weighted by atomic mass is 10.0. The molecule has 0 saturated carbocycles. The van der Waals surface area contributed by atoms with E-state index in [4.69, 9.17) is 4.74 Å². The third-order valence-electron chi connectivity index (χ3n) is 4.75. The van der Waals surface area contributed by atoms with Gasteiger partial charge in [-0.2, -0.15) is 0 Å². The lowest BCUT2D eigenvalue weighted by Crippen LogP contribution is -2.25. The fraction of sp³-hybridized carbons (Fsp3) is 0.286. The Bertz CT molecular complexity index is 1030. The highest BCUT2D eigenvalue weighted by Gasteiger charge is 2.20. The van der Waals surface area contributed by atoms with Gasteiger partial charge in [0.05, 0.1) is 18.4 Å². The van der Waals surface area contributed by atoms with E-state index in [9.17, 15) is 9.59 Å². The number of carbonyl (C=O) groups excluding carboxylic acids is 1. The summed E-state index contributed by atoms with van der Waals surface area (Å²) < 4.78 is 7.15. The van der Waals surface area contributed by atoms with Crippen molar-refractivity contribution < 1.29 is 9.53 Å². The number of benzene rings is 2. The molecule has 1 amide bonds. The molecule has 4 rings (SSSR count). The maximum atomic E-state index is 12.5. The Morgan fingerprint density at radius 1 is 1.21 bits per heavy atom. The number of nitrogens with zero attached hydrogens (tertiary/aromatic N) is 2. The molecule has 1 unspecified atom stereocenters. The highest BCUT2D eigenvalue weighted by Crippen LogP contribution is 2.28. The first kappa shape index (κ1) is 19.5. The first-order valence-electron chi connectivity index (χ1n) is 9.54. The summed E-state index contributed by atoms with van der Waals surface area (Å²) >= 11 is 1.23. The van der Waals surface area contributed by atoms with E-state index in [2.05, 4.69) is 15.5 Å². The molecule has 1 aliphatic rings. The minimum absolute atomic E-state index is 0.0243. The first-order valence-corrected chi connectivity index (χ1v) is 10.5. The molecule has 1 atom stereocenters. The average molecular weight is 410 g/mol. The van der Waals surface area contributed by atoms with E-state index < -0.39 is 0 Å². The molecule has 2 heterocycles. The third-order valence-corrected chi connectivity index (χ3v) is 5.73. The number of anilines is 1. The summed E-state index contributed by atoms with van der Waals surface area (Å²) in [6.07, 6.45) is 1.96. The van der Waals surface area contributed by atoms with Crippen molar-refractivity contribution in [1.29, 1.82) is 0 Å². The van der Waals surface area contributed by atoms with Crippen LogP contribution in [0.1, 0.15) is 12.8 Å². The number of hydrogen-bond donors (Lipinski definition) is 2. The van der Waals surface area contributed by atoms with E-state index >= 15 is 0 Å². The smallest absolute Gasteiger partial charge is 0.344 e. The number of thioether (sulfide) groups is 1. The number of hydrogen-bond acceptors (Lipinski definition) is 5. The van der Waals surface area contributed by atoms with Crippen LogP contribution < -0.4 is 11.0 Å². The summed E-state index contributed by atoms with van der Waals surface area (Å²) in [4.78, 5) is 24.6. The van der Waals surface area contributed by atoms with Gasteiger partial charge in [-0.1, -0.05) is 60.3 Å². The normalized spacial score (nSPS) is 16.1. The number of aromatic nitrogens is 3. The van der Waals surface area contributed by atoms with Crippen molar-refractivity contribution in [2.24, 2.45) is 0 Å². The van der Waals surface area contributed by atoms with E-state index in [-0.39, 0.29) is 23.5 Å². The second-order valence-electron chi connectivity index (χ2n) is 6.81. The Labute approximate surface area is 172 Å². The molecule has 1 aromatic heterocycles. The number of ether oxygens (including phenoxy) is 1. The Morgan fingerprint density at radius 3 is 2.79 bits per heavy atom. The molecule has 0 bridgehead atoms. The maximum absolute atomic E-state index is 12.5. The maximum Gasteiger partial charge on any atom is 0.344 e. The van der Waals surface area contributed by atoms with Crippen LogP contribution in [0.15, 0.2) is 64.5 Å². The number of rotatable bonds is 7. The van der Waals surface area contributed by atoms with Gasteiger partial charge in [-0.15, -0.1) is 5.10 Å². The van der Waals surface area contributed by atoms with Gasteiger partial charge in [0.25, 0.3) is 0 Å². The van der Waals surface area contributed by atoms with Crippen molar-refractivity contribution in [3.8, 4) is 11.1 Å². The second kappa shape index (κ2) is 9.11. The number of amides is 1. The molecule has 2 aromatic carbocycles. The Balaban J connectivity index is 1.41. The summed E-state index contributed by atoms with van der Waals surface area (Å²) in [6, 6.07) is 17.6. The van der Waals surface area contributed by atoms with Gasteiger partial charge in [-0.05, 0) is 24.5 Å². The third kappa shape index (κ3) is 4.78. The Morgan fingerprint density at radius 2 is 2.00 bits per heavy atom. The van der Waals surface area contributed by atoms with Crippen LogP contribution in [0.25, 0.3) is 11.1 Å². The van der Waals surface area contributed by atoms with Gasteiger partial charge in [0.2, 0.25) is 5.91 Å². The molecule has 8 heteroatoms. The molecule has 3 aromatic rings. The number of nitrogens with one attached hydrogen (secondary N) is 2. The minimum Gasteiger partial charge on any atom is -0.376 e. The number of aromatic amines is 1. The predicted molar refractivity (Wildman–Crippen MR) is 113 cm³/mol. The van der Waals surface area contributed by atoms with E-state index in [0.717, 1.165) is 36.3 Å². The van der Waals surface area contributed by atoms with Gasteiger partial charge in [0, 0.05) is 17.9 Å². The monoisotopic (exact) mass is 410 g/mol. The van der Waals surface area contributed by atoms with Crippen molar-refractivity contribution in [3.63, 3.8) is 0 Å². The van der Waals surface area contributed by atoms with E-state index in [1.807, 2.05) is 54.6 Å². The summed E-state index contributed by atoms with van der Waals surface area (Å²) in [5.74, 6) is -0.00337. The summed E-state index contributed by atoms with van der Waals surface area (Å²) in [5.41, 5.74) is 2.47. The van der Waals surface area contributed by atoms with E-state index in [1.54, 1.807) is 4.57 Å². The molecule has 1 aliphatic heterocycles. The first-order chi connectivity index (χ1) is 14.2.